The molecular formula is C46H29N3. The number of aromatic nitrogens is 3. The molecule has 3 heterocycles. The Morgan fingerprint density at radius 1 is 0.327 bits per heavy atom. The molecule has 0 saturated carbocycles. The molecule has 3 aromatic heterocycles. The number of fused-ring (bicyclic) bond motifs is 10. The van der Waals surface area contributed by atoms with Gasteiger partial charge in [0.05, 0.1) is 28.2 Å². The lowest BCUT2D eigenvalue weighted by atomic mass is 9.70. The molecular weight excluding hydrogens is 595 g/mol. The van der Waals surface area contributed by atoms with Gasteiger partial charge in [-0.1, -0.05) is 127 Å². The van der Waals surface area contributed by atoms with Gasteiger partial charge in [0.25, 0.3) is 0 Å². The summed E-state index contributed by atoms with van der Waals surface area (Å²) in [5.74, 6) is 0. The van der Waals surface area contributed by atoms with Gasteiger partial charge in [-0.15, -0.1) is 0 Å². The van der Waals surface area contributed by atoms with E-state index in [9.17, 15) is 0 Å². The van der Waals surface area contributed by atoms with Crippen molar-refractivity contribution < 1.29 is 0 Å². The first-order valence-electron chi connectivity index (χ1n) is 16.7. The summed E-state index contributed by atoms with van der Waals surface area (Å²) in [5.41, 5.74) is 18.0. The largest absolute Gasteiger partial charge is 0.255 e. The van der Waals surface area contributed by atoms with Crippen molar-refractivity contribution in [2.45, 2.75) is 5.41 Å². The summed E-state index contributed by atoms with van der Waals surface area (Å²) < 4.78 is 0. The van der Waals surface area contributed by atoms with Gasteiger partial charge in [0, 0.05) is 18.0 Å². The van der Waals surface area contributed by atoms with E-state index in [0.29, 0.717) is 0 Å². The Morgan fingerprint density at radius 2 is 0.878 bits per heavy atom. The highest BCUT2D eigenvalue weighted by Crippen LogP contribution is 2.62. The van der Waals surface area contributed by atoms with Crippen LogP contribution in [0.3, 0.4) is 0 Å². The lowest BCUT2D eigenvalue weighted by molar-refractivity contribution is 0.794. The normalized spacial score (nSPS) is 13.1. The summed E-state index contributed by atoms with van der Waals surface area (Å²) in [6.45, 7) is 0. The van der Waals surface area contributed by atoms with E-state index in [1.54, 1.807) is 6.20 Å². The van der Waals surface area contributed by atoms with Gasteiger partial charge in [0.1, 0.15) is 0 Å². The molecule has 0 fully saturated rings. The van der Waals surface area contributed by atoms with Crippen LogP contribution in [-0.4, -0.2) is 15.0 Å². The molecule has 0 amide bonds. The van der Waals surface area contributed by atoms with E-state index in [0.717, 1.165) is 45.0 Å². The fourth-order valence-corrected chi connectivity index (χ4v) is 8.10. The maximum Gasteiger partial charge on any atom is 0.0900 e. The molecule has 0 saturated heterocycles. The summed E-state index contributed by atoms with van der Waals surface area (Å²) in [7, 11) is 0. The molecule has 0 aliphatic heterocycles. The SMILES string of the molecule is c1ccc(-c2cc(-c3ccccn3)nc(-c3ccc(-c4ccc5c(c4)-c4ccccc4C54c5ccccc5-c5ccccc54)cn3)c2)cc1. The highest BCUT2D eigenvalue weighted by molar-refractivity contribution is 5.96. The first-order chi connectivity index (χ1) is 24.3. The minimum Gasteiger partial charge on any atom is -0.255 e. The van der Waals surface area contributed by atoms with Gasteiger partial charge in [0.2, 0.25) is 0 Å². The molecule has 2 aliphatic carbocycles. The highest BCUT2D eigenvalue weighted by Gasteiger charge is 2.51. The molecule has 10 rings (SSSR count). The van der Waals surface area contributed by atoms with Crippen LogP contribution in [0.25, 0.3) is 67.3 Å². The third kappa shape index (κ3) is 4.12. The molecule has 8 aromatic rings. The first-order valence-corrected chi connectivity index (χ1v) is 16.7. The van der Waals surface area contributed by atoms with Gasteiger partial charge in [0.15, 0.2) is 0 Å². The van der Waals surface area contributed by atoms with Gasteiger partial charge in [-0.2, -0.15) is 0 Å². The molecule has 0 atom stereocenters. The van der Waals surface area contributed by atoms with Crippen LogP contribution in [0.4, 0.5) is 0 Å². The van der Waals surface area contributed by atoms with E-state index >= 15 is 0 Å². The van der Waals surface area contributed by atoms with E-state index < -0.39 is 0 Å². The zero-order chi connectivity index (χ0) is 32.4. The van der Waals surface area contributed by atoms with Gasteiger partial charge in [-0.25, -0.2) is 4.98 Å². The highest BCUT2D eigenvalue weighted by atomic mass is 14.8. The van der Waals surface area contributed by atoms with Crippen LogP contribution in [0.2, 0.25) is 0 Å². The fourth-order valence-electron chi connectivity index (χ4n) is 8.10. The second kappa shape index (κ2) is 10.8. The summed E-state index contributed by atoms with van der Waals surface area (Å²) in [6, 6.07) is 58.5. The van der Waals surface area contributed by atoms with Crippen LogP contribution in [0.1, 0.15) is 22.3 Å². The Hall–Kier alpha value is -6.45. The average Bonchev–Trinajstić information content (AvgIpc) is 3.65. The fraction of sp³-hybridized carbons (Fsp3) is 0.0217. The van der Waals surface area contributed by atoms with Crippen molar-refractivity contribution in [1.29, 1.82) is 0 Å². The number of hydrogen-bond donors (Lipinski definition) is 0. The van der Waals surface area contributed by atoms with Gasteiger partial charge >= 0.3 is 0 Å². The number of pyridine rings is 3. The van der Waals surface area contributed by atoms with Crippen LogP contribution in [0.5, 0.6) is 0 Å². The lowest BCUT2D eigenvalue weighted by Gasteiger charge is -2.30. The number of hydrogen-bond acceptors (Lipinski definition) is 3. The van der Waals surface area contributed by atoms with Crippen molar-refractivity contribution in [2.75, 3.05) is 0 Å². The monoisotopic (exact) mass is 623 g/mol. The minimum absolute atomic E-state index is 0.333. The van der Waals surface area contributed by atoms with Crippen LogP contribution in [-0.2, 0) is 5.41 Å². The number of benzene rings is 5. The third-order valence-electron chi connectivity index (χ3n) is 10.2. The topological polar surface area (TPSA) is 38.7 Å². The molecule has 3 heteroatoms. The standard InChI is InChI=1S/C46H29N3/c1-2-12-30(13-3-1)33-27-44(42-20-10-11-25-47-42)49-45(28-33)43-24-22-32(29-48-43)31-21-23-41-37(26-31)36-16-6-9-19-40(36)46(41)38-17-7-4-14-34(38)35-15-5-8-18-39(35)46/h1-29H. The average molecular weight is 624 g/mol. The molecule has 0 radical (unpaired) electrons. The molecule has 0 bridgehead atoms. The van der Waals surface area contributed by atoms with Crippen LogP contribution in [0.15, 0.2) is 176 Å². The van der Waals surface area contributed by atoms with E-state index in [-0.39, 0.29) is 5.41 Å². The maximum atomic E-state index is 5.03. The molecule has 228 valence electrons. The maximum absolute atomic E-state index is 5.03. The van der Waals surface area contributed by atoms with Crippen molar-refractivity contribution in [1.82, 2.24) is 15.0 Å². The molecule has 49 heavy (non-hydrogen) atoms. The summed E-state index contributed by atoms with van der Waals surface area (Å²) in [4.78, 5) is 14.6. The van der Waals surface area contributed by atoms with Gasteiger partial charge in [-0.3, -0.25) is 9.97 Å². The first kappa shape index (κ1) is 27.6. The predicted octanol–water partition coefficient (Wildman–Crippen LogP) is 10.9. The third-order valence-corrected chi connectivity index (χ3v) is 10.2. The molecule has 1 spiro atoms. The van der Waals surface area contributed by atoms with Crippen molar-refractivity contribution in [2.24, 2.45) is 0 Å². The molecule has 5 aromatic carbocycles. The van der Waals surface area contributed by atoms with Crippen molar-refractivity contribution in [3.63, 3.8) is 0 Å². The number of rotatable bonds is 4. The van der Waals surface area contributed by atoms with E-state index in [1.165, 1.54) is 44.5 Å². The van der Waals surface area contributed by atoms with Crippen molar-refractivity contribution in [3.8, 4) is 67.3 Å². The lowest BCUT2D eigenvalue weighted by Crippen LogP contribution is -2.25. The zero-order valence-corrected chi connectivity index (χ0v) is 26.6. The molecule has 3 nitrogen and oxygen atoms in total. The number of nitrogens with zero attached hydrogens (tertiary/aromatic N) is 3. The van der Waals surface area contributed by atoms with E-state index in [2.05, 4.69) is 145 Å². The second-order valence-corrected chi connectivity index (χ2v) is 12.8. The Kier molecular flexibility index (Phi) is 6.09. The van der Waals surface area contributed by atoms with E-state index in [1.807, 2.05) is 30.5 Å². The predicted molar refractivity (Wildman–Crippen MR) is 198 cm³/mol. The van der Waals surface area contributed by atoms with Crippen LogP contribution < -0.4 is 0 Å². The zero-order valence-electron chi connectivity index (χ0n) is 26.6. The Morgan fingerprint density at radius 3 is 1.49 bits per heavy atom. The summed E-state index contributed by atoms with van der Waals surface area (Å²) in [6.07, 6.45) is 3.78. The minimum atomic E-state index is -0.333. The molecule has 0 N–H and O–H groups in total. The Balaban J connectivity index is 1.08. The molecule has 0 unspecified atom stereocenters. The van der Waals surface area contributed by atoms with Gasteiger partial charge < -0.3 is 0 Å². The Labute approximate surface area is 285 Å². The Bertz CT molecular complexity index is 2430. The quantitative estimate of drug-likeness (QED) is 0.196. The summed E-state index contributed by atoms with van der Waals surface area (Å²) in [5, 5.41) is 0. The van der Waals surface area contributed by atoms with Crippen molar-refractivity contribution >= 4 is 0 Å². The smallest absolute Gasteiger partial charge is 0.0900 e. The summed E-state index contributed by atoms with van der Waals surface area (Å²) >= 11 is 0. The van der Waals surface area contributed by atoms with E-state index in [4.69, 9.17) is 9.97 Å². The second-order valence-electron chi connectivity index (χ2n) is 12.8. The van der Waals surface area contributed by atoms with Crippen molar-refractivity contribution in [3.05, 3.63) is 198 Å². The van der Waals surface area contributed by atoms with Gasteiger partial charge in [-0.05, 0) is 97.6 Å². The van der Waals surface area contributed by atoms with Crippen LogP contribution in [0, 0.1) is 0 Å². The van der Waals surface area contributed by atoms with Crippen LogP contribution >= 0.6 is 0 Å². The molecule has 2 aliphatic rings.